The summed E-state index contributed by atoms with van der Waals surface area (Å²) in [4.78, 5) is 15.7. The van der Waals surface area contributed by atoms with Gasteiger partial charge in [-0.05, 0) is 22.9 Å². The third-order valence-electron chi connectivity index (χ3n) is 1.91. The fraction of sp³-hybridized carbons (Fsp3) is 0.250. The topological polar surface area (TPSA) is 39.3 Å². The molecule has 0 N–H and O–H groups in total. The quantitative estimate of drug-likeness (QED) is 0.694. The van der Waals surface area contributed by atoms with E-state index < -0.39 is 0 Å². The van der Waals surface area contributed by atoms with Crippen LogP contribution >= 0.6 is 15.9 Å². The highest BCUT2D eigenvalue weighted by molar-refractivity contribution is 9.10. The summed E-state index contributed by atoms with van der Waals surface area (Å²) in [6, 6.07) is 3.33. The first-order valence-electron chi connectivity index (χ1n) is 3.81. The van der Waals surface area contributed by atoms with E-state index in [0.29, 0.717) is 5.65 Å². The summed E-state index contributed by atoms with van der Waals surface area (Å²) in [5.41, 5.74) is 1.35. The van der Waals surface area contributed by atoms with Crippen LogP contribution in [0.3, 0.4) is 0 Å². The number of aromatic nitrogens is 3. The monoisotopic (exact) mass is 241 g/mol. The van der Waals surface area contributed by atoms with Crippen molar-refractivity contribution in [2.45, 2.75) is 6.92 Å². The molecule has 0 amide bonds. The van der Waals surface area contributed by atoms with Crippen molar-refractivity contribution < 1.29 is 0 Å². The second kappa shape index (κ2) is 2.70. The second-order valence-corrected chi connectivity index (χ2v) is 3.71. The van der Waals surface area contributed by atoms with E-state index in [1.165, 1.54) is 10.6 Å². The Morgan fingerprint density at radius 1 is 1.46 bits per heavy atom. The van der Waals surface area contributed by atoms with Crippen LogP contribution in [0.1, 0.15) is 5.69 Å². The Bertz CT molecular complexity index is 526. The molecule has 2 aromatic heterocycles. The minimum atomic E-state index is -0.0595. The lowest BCUT2D eigenvalue weighted by atomic mass is 10.4. The highest BCUT2D eigenvalue weighted by Gasteiger charge is 2.05. The summed E-state index contributed by atoms with van der Waals surface area (Å²) in [5.74, 6) is 0. The Labute approximate surface area is 82.9 Å². The molecule has 0 radical (unpaired) electrons. The van der Waals surface area contributed by atoms with Gasteiger partial charge in [0.1, 0.15) is 4.60 Å². The molecule has 0 atom stereocenters. The van der Waals surface area contributed by atoms with Crippen LogP contribution in [-0.2, 0) is 7.05 Å². The largest absolute Gasteiger partial charge is 0.273 e. The van der Waals surface area contributed by atoms with Gasteiger partial charge in [-0.1, -0.05) is 0 Å². The molecular weight excluding hydrogens is 234 g/mol. The molecule has 13 heavy (non-hydrogen) atoms. The van der Waals surface area contributed by atoms with Gasteiger partial charge in [-0.2, -0.15) is 4.52 Å². The van der Waals surface area contributed by atoms with Crippen molar-refractivity contribution in [2.24, 2.45) is 7.05 Å². The highest BCUT2D eigenvalue weighted by Crippen LogP contribution is 2.11. The van der Waals surface area contributed by atoms with E-state index in [1.54, 1.807) is 11.7 Å². The summed E-state index contributed by atoms with van der Waals surface area (Å²) in [6.45, 7) is 1.81. The van der Waals surface area contributed by atoms with Gasteiger partial charge in [-0.15, -0.1) is 0 Å². The first kappa shape index (κ1) is 8.50. The SMILES string of the molecule is Cc1cc(=O)n2c(cc(Br)n2C)n1. The number of fused-ring (bicyclic) bond motifs is 1. The molecule has 0 aliphatic rings. The van der Waals surface area contributed by atoms with Gasteiger partial charge < -0.3 is 0 Å². The van der Waals surface area contributed by atoms with Crippen LogP contribution in [0.2, 0.25) is 0 Å². The molecule has 2 rings (SSSR count). The van der Waals surface area contributed by atoms with Crippen molar-refractivity contribution in [1.29, 1.82) is 0 Å². The fourth-order valence-corrected chi connectivity index (χ4v) is 1.67. The molecule has 0 saturated carbocycles. The Morgan fingerprint density at radius 2 is 2.15 bits per heavy atom. The predicted molar refractivity (Wildman–Crippen MR) is 52.9 cm³/mol. The van der Waals surface area contributed by atoms with Crippen LogP contribution in [-0.4, -0.2) is 14.2 Å². The number of halogens is 1. The van der Waals surface area contributed by atoms with Crippen molar-refractivity contribution in [2.75, 3.05) is 0 Å². The van der Waals surface area contributed by atoms with E-state index >= 15 is 0 Å². The van der Waals surface area contributed by atoms with Crippen molar-refractivity contribution >= 4 is 21.6 Å². The first-order chi connectivity index (χ1) is 6.09. The highest BCUT2D eigenvalue weighted by atomic mass is 79.9. The standard InChI is InChI=1S/C8H8BrN3O/c1-5-3-8(13)12-7(10-5)4-6(9)11(12)2/h3-4H,1-2H3. The molecule has 2 heterocycles. The lowest BCUT2D eigenvalue weighted by Gasteiger charge is -1.99. The van der Waals surface area contributed by atoms with Crippen LogP contribution < -0.4 is 5.56 Å². The smallest absolute Gasteiger partial charge is 0.273 e. The van der Waals surface area contributed by atoms with E-state index in [0.717, 1.165) is 10.3 Å². The van der Waals surface area contributed by atoms with Gasteiger partial charge in [0.05, 0.1) is 0 Å². The van der Waals surface area contributed by atoms with Gasteiger partial charge >= 0.3 is 0 Å². The van der Waals surface area contributed by atoms with Crippen LogP contribution in [0.25, 0.3) is 5.65 Å². The van der Waals surface area contributed by atoms with Gasteiger partial charge in [0.15, 0.2) is 5.65 Å². The maximum absolute atomic E-state index is 11.5. The molecular formula is C8H8BrN3O. The number of rotatable bonds is 0. The normalized spacial score (nSPS) is 11.0. The second-order valence-electron chi connectivity index (χ2n) is 2.90. The average molecular weight is 242 g/mol. The van der Waals surface area contributed by atoms with Crippen molar-refractivity contribution in [1.82, 2.24) is 14.2 Å². The van der Waals surface area contributed by atoms with Crippen LogP contribution in [0.15, 0.2) is 21.5 Å². The summed E-state index contributed by atoms with van der Waals surface area (Å²) in [5, 5.41) is 0. The molecule has 0 spiro atoms. The number of hydrogen-bond donors (Lipinski definition) is 0. The van der Waals surface area contributed by atoms with Gasteiger partial charge in [0.2, 0.25) is 0 Å². The molecule has 0 aromatic carbocycles. The van der Waals surface area contributed by atoms with Crippen LogP contribution in [0.4, 0.5) is 0 Å². The minimum Gasteiger partial charge on any atom is -0.273 e. The average Bonchev–Trinajstić information content (AvgIpc) is 2.27. The van der Waals surface area contributed by atoms with Gasteiger partial charge in [-0.25, -0.2) is 4.98 Å². The Hall–Kier alpha value is -1.10. The Kier molecular flexibility index (Phi) is 1.76. The number of aryl methyl sites for hydroxylation is 2. The lowest BCUT2D eigenvalue weighted by molar-refractivity contribution is 0.665. The molecule has 2 aromatic rings. The van der Waals surface area contributed by atoms with Crippen LogP contribution in [0.5, 0.6) is 0 Å². The van der Waals surface area contributed by atoms with E-state index in [-0.39, 0.29) is 5.56 Å². The molecule has 0 bridgehead atoms. The molecule has 0 aliphatic heterocycles. The zero-order valence-corrected chi connectivity index (χ0v) is 8.87. The molecule has 4 nitrogen and oxygen atoms in total. The third kappa shape index (κ3) is 1.19. The number of nitrogens with zero attached hydrogens (tertiary/aromatic N) is 3. The van der Waals surface area contributed by atoms with Gasteiger partial charge in [-0.3, -0.25) is 9.48 Å². The van der Waals surface area contributed by atoms with E-state index in [9.17, 15) is 4.79 Å². The molecule has 0 unspecified atom stereocenters. The van der Waals surface area contributed by atoms with Gasteiger partial charge in [0, 0.05) is 24.9 Å². The predicted octanol–water partition coefficient (Wildman–Crippen LogP) is 1.10. The number of hydrogen-bond acceptors (Lipinski definition) is 2. The summed E-state index contributed by atoms with van der Waals surface area (Å²) in [6.07, 6.45) is 0. The molecule has 68 valence electrons. The van der Waals surface area contributed by atoms with E-state index in [1.807, 2.05) is 13.0 Å². The summed E-state index contributed by atoms with van der Waals surface area (Å²) < 4.78 is 4.06. The van der Waals surface area contributed by atoms with E-state index in [4.69, 9.17) is 0 Å². The Morgan fingerprint density at radius 3 is 2.85 bits per heavy atom. The van der Waals surface area contributed by atoms with Crippen molar-refractivity contribution in [3.63, 3.8) is 0 Å². The summed E-state index contributed by atoms with van der Waals surface area (Å²) >= 11 is 3.33. The molecule has 5 heteroatoms. The lowest BCUT2D eigenvalue weighted by Crippen LogP contribution is -2.19. The van der Waals surface area contributed by atoms with Crippen molar-refractivity contribution in [3.8, 4) is 0 Å². The van der Waals surface area contributed by atoms with Gasteiger partial charge in [0.25, 0.3) is 5.56 Å². The Balaban J connectivity index is 3.03. The maximum atomic E-state index is 11.5. The molecule has 0 saturated heterocycles. The summed E-state index contributed by atoms with van der Waals surface area (Å²) in [7, 11) is 1.80. The van der Waals surface area contributed by atoms with E-state index in [2.05, 4.69) is 20.9 Å². The maximum Gasteiger partial charge on any atom is 0.273 e. The molecule has 0 aliphatic carbocycles. The zero-order chi connectivity index (χ0) is 9.59. The van der Waals surface area contributed by atoms with Crippen LogP contribution in [0, 0.1) is 6.92 Å². The van der Waals surface area contributed by atoms with Crippen molar-refractivity contribution in [3.05, 3.63) is 32.8 Å². The fourth-order valence-electron chi connectivity index (χ4n) is 1.30. The molecule has 0 fully saturated rings. The zero-order valence-electron chi connectivity index (χ0n) is 7.28. The third-order valence-corrected chi connectivity index (χ3v) is 2.65. The minimum absolute atomic E-state index is 0.0595. The first-order valence-corrected chi connectivity index (χ1v) is 4.61.